The minimum absolute atomic E-state index is 0.136. The number of benzene rings is 3. The lowest BCUT2D eigenvalue weighted by molar-refractivity contribution is 0.0939. The molecule has 1 saturated heterocycles. The summed E-state index contributed by atoms with van der Waals surface area (Å²) in [6.07, 6.45) is 2.20. The molecule has 0 aromatic heterocycles. The quantitative estimate of drug-likeness (QED) is 0.394. The largest absolute Gasteiger partial charge is 0.371 e. The van der Waals surface area contributed by atoms with Crippen molar-refractivity contribution in [2.75, 3.05) is 23.3 Å². The number of nitrogens with zero attached hydrogens (tertiary/aromatic N) is 1. The lowest BCUT2D eigenvalue weighted by Gasteiger charge is -2.33. The standard InChI is InChI=1S/C28H30BrN3O2/c1-19-13-15-32(16-14-19)26-12-11-24(31-27(33)22-9-6-10-23(29)17-22)18-25(26)28(34)30-20(2)21-7-4-3-5-8-21/h3-12,17-20H,13-16H2,1-2H3,(H,30,34)(H,31,33). The van der Waals surface area contributed by atoms with E-state index in [4.69, 9.17) is 0 Å². The highest BCUT2D eigenvalue weighted by Crippen LogP contribution is 2.29. The van der Waals surface area contributed by atoms with E-state index >= 15 is 0 Å². The molecule has 1 aliphatic heterocycles. The van der Waals surface area contributed by atoms with Crippen molar-refractivity contribution in [2.45, 2.75) is 32.7 Å². The molecule has 1 aliphatic rings. The van der Waals surface area contributed by atoms with Crippen LogP contribution in [0.15, 0.2) is 77.3 Å². The number of carbonyl (C=O) groups is 2. The third kappa shape index (κ3) is 5.86. The molecule has 1 heterocycles. The van der Waals surface area contributed by atoms with Crippen molar-refractivity contribution in [3.05, 3.63) is 94.0 Å². The van der Waals surface area contributed by atoms with E-state index in [1.165, 1.54) is 0 Å². The van der Waals surface area contributed by atoms with E-state index in [0.717, 1.165) is 41.7 Å². The molecule has 1 atom stereocenters. The van der Waals surface area contributed by atoms with Crippen LogP contribution >= 0.6 is 15.9 Å². The Labute approximate surface area is 209 Å². The van der Waals surface area contributed by atoms with Gasteiger partial charge in [-0.3, -0.25) is 9.59 Å². The Bertz CT molecular complexity index is 1160. The first-order valence-electron chi connectivity index (χ1n) is 11.7. The Morgan fingerprint density at radius 1 is 0.941 bits per heavy atom. The average Bonchev–Trinajstić information content (AvgIpc) is 2.85. The van der Waals surface area contributed by atoms with E-state index in [-0.39, 0.29) is 17.9 Å². The second kappa shape index (κ2) is 10.9. The van der Waals surface area contributed by atoms with E-state index in [1.807, 2.05) is 61.5 Å². The molecule has 3 aromatic rings. The van der Waals surface area contributed by atoms with Crippen LogP contribution in [-0.2, 0) is 0 Å². The van der Waals surface area contributed by atoms with Crippen LogP contribution in [0, 0.1) is 5.92 Å². The first-order valence-corrected chi connectivity index (χ1v) is 12.5. The number of halogens is 1. The number of hydrogen-bond donors (Lipinski definition) is 2. The van der Waals surface area contributed by atoms with Crippen molar-refractivity contribution in [3.8, 4) is 0 Å². The SMILES string of the molecule is CC1CCN(c2ccc(NC(=O)c3cccc(Br)c3)cc2C(=O)NC(C)c2ccccc2)CC1. The number of hydrogen-bond acceptors (Lipinski definition) is 3. The van der Waals surface area contributed by atoms with Crippen molar-refractivity contribution in [1.29, 1.82) is 0 Å². The fourth-order valence-corrected chi connectivity index (χ4v) is 4.65. The van der Waals surface area contributed by atoms with Crippen LogP contribution in [0.5, 0.6) is 0 Å². The average molecular weight is 520 g/mol. The van der Waals surface area contributed by atoms with Crippen LogP contribution in [-0.4, -0.2) is 24.9 Å². The van der Waals surface area contributed by atoms with Crippen LogP contribution in [0.3, 0.4) is 0 Å². The lowest BCUT2D eigenvalue weighted by Crippen LogP contribution is -2.35. The van der Waals surface area contributed by atoms with Gasteiger partial charge in [0.25, 0.3) is 11.8 Å². The Kier molecular flexibility index (Phi) is 7.68. The van der Waals surface area contributed by atoms with Gasteiger partial charge in [-0.1, -0.05) is 59.3 Å². The van der Waals surface area contributed by atoms with Gasteiger partial charge >= 0.3 is 0 Å². The maximum atomic E-state index is 13.5. The van der Waals surface area contributed by atoms with Gasteiger partial charge < -0.3 is 15.5 Å². The predicted octanol–water partition coefficient (Wildman–Crippen LogP) is 6.43. The maximum Gasteiger partial charge on any atom is 0.255 e. The zero-order valence-corrected chi connectivity index (χ0v) is 21.1. The van der Waals surface area contributed by atoms with Crippen molar-refractivity contribution in [2.24, 2.45) is 5.92 Å². The molecular weight excluding hydrogens is 490 g/mol. The molecule has 0 aliphatic carbocycles. The van der Waals surface area contributed by atoms with Crippen LogP contribution < -0.4 is 15.5 Å². The van der Waals surface area contributed by atoms with E-state index in [0.29, 0.717) is 22.7 Å². The molecule has 3 aromatic carbocycles. The number of carbonyl (C=O) groups excluding carboxylic acids is 2. The number of rotatable bonds is 6. The van der Waals surface area contributed by atoms with Gasteiger partial charge in [0.05, 0.1) is 11.6 Å². The number of piperidine rings is 1. The fourth-order valence-electron chi connectivity index (χ4n) is 4.25. The molecule has 2 amide bonds. The van der Waals surface area contributed by atoms with E-state index in [9.17, 15) is 9.59 Å². The highest BCUT2D eigenvalue weighted by atomic mass is 79.9. The molecule has 0 saturated carbocycles. The number of amides is 2. The monoisotopic (exact) mass is 519 g/mol. The van der Waals surface area contributed by atoms with Gasteiger partial charge in [0.15, 0.2) is 0 Å². The molecule has 6 heteroatoms. The third-order valence-electron chi connectivity index (χ3n) is 6.36. The zero-order chi connectivity index (χ0) is 24.1. The summed E-state index contributed by atoms with van der Waals surface area (Å²) in [6.45, 7) is 6.08. The highest BCUT2D eigenvalue weighted by Gasteiger charge is 2.23. The summed E-state index contributed by atoms with van der Waals surface area (Å²) in [4.78, 5) is 28.5. The zero-order valence-electron chi connectivity index (χ0n) is 19.6. The molecule has 1 unspecified atom stereocenters. The molecule has 4 rings (SSSR count). The van der Waals surface area contributed by atoms with E-state index in [1.54, 1.807) is 18.2 Å². The topological polar surface area (TPSA) is 61.4 Å². The van der Waals surface area contributed by atoms with Gasteiger partial charge in [0.1, 0.15) is 0 Å². The van der Waals surface area contributed by atoms with Crippen molar-refractivity contribution >= 4 is 39.1 Å². The first kappa shape index (κ1) is 24.0. The molecular formula is C28H30BrN3O2. The summed E-state index contributed by atoms with van der Waals surface area (Å²) in [5, 5.41) is 6.08. The maximum absolute atomic E-state index is 13.5. The van der Waals surface area contributed by atoms with Gasteiger partial charge in [-0.15, -0.1) is 0 Å². The summed E-state index contributed by atoms with van der Waals surface area (Å²) >= 11 is 3.41. The summed E-state index contributed by atoms with van der Waals surface area (Å²) < 4.78 is 0.838. The normalized spacial score (nSPS) is 15.0. The van der Waals surface area contributed by atoms with Crippen LogP contribution in [0.1, 0.15) is 59.0 Å². The Morgan fingerprint density at radius 3 is 2.38 bits per heavy atom. The van der Waals surface area contributed by atoms with Gasteiger partial charge in [-0.25, -0.2) is 0 Å². The minimum Gasteiger partial charge on any atom is -0.371 e. The molecule has 5 nitrogen and oxygen atoms in total. The second-order valence-electron chi connectivity index (χ2n) is 8.97. The van der Waals surface area contributed by atoms with Crippen molar-refractivity contribution < 1.29 is 9.59 Å². The number of nitrogens with one attached hydrogen (secondary N) is 2. The summed E-state index contributed by atoms with van der Waals surface area (Å²) in [7, 11) is 0. The van der Waals surface area contributed by atoms with Crippen molar-refractivity contribution in [3.63, 3.8) is 0 Å². The third-order valence-corrected chi connectivity index (χ3v) is 6.85. The molecule has 0 bridgehead atoms. The van der Waals surface area contributed by atoms with Gasteiger partial charge in [0, 0.05) is 34.5 Å². The van der Waals surface area contributed by atoms with Crippen LogP contribution in [0.4, 0.5) is 11.4 Å². The predicted molar refractivity (Wildman–Crippen MR) is 141 cm³/mol. The van der Waals surface area contributed by atoms with Crippen LogP contribution in [0.2, 0.25) is 0 Å². The summed E-state index contributed by atoms with van der Waals surface area (Å²) in [6, 6.07) is 22.6. The van der Waals surface area contributed by atoms with Gasteiger partial charge in [-0.05, 0) is 67.6 Å². The van der Waals surface area contributed by atoms with Gasteiger partial charge in [0.2, 0.25) is 0 Å². The van der Waals surface area contributed by atoms with Gasteiger partial charge in [-0.2, -0.15) is 0 Å². The lowest BCUT2D eigenvalue weighted by atomic mass is 9.97. The molecule has 1 fully saturated rings. The van der Waals surface area contributed by atoms with Crippen molar-refractivity contribution in [1.82, 2.24) is 5.32 Å². The summed E-state index contributed by atoms with van der Waals surface area (Å²) in [5.74, 6) is 0.323. The molecule has 2 N–H and O–H groups in total. The molecule has 34 heavy (non-hydrogen) atoms. The number of anilines is 2. The Balaban J connectivity index is 1.60. The minimum atomic E-state index is -0.218. The van der Waals surface area contributed by atoms with E-state index in [2.05, 4.69) is 38.4 Å². The van der Waals surface area contributed by atoms with Crippen LogP contribution in [0.25, 0.3) is 0 Å². The molecule has 176 valence electrons. The Hall–Kier alpha value is -3.12. The second-order valence-corrected chi connectivity index (χ2v) is 9.89. The highest BCUT2D eigenvalue weighted by molar-refractivity contribution is 9.10. The smallest absolute Gasteiger partial charge is 0.255 e. The van der Waals surface area contributed by atoms with E-state index < -0.39 is 0 Å². The fraction of sp³-hybridized carbons (Fsp3) is 0.286. The first-order chi connectivity index (χ1) is 16.4. The molecule has 0 radical (unpaired) electrons. The molecule has 0 spiro atoms. The summed E-state index contributed by atoms with van der Waals surface area (Å²) in [5.41, 5.74) is 3.67. The Morgan fingerprint density at radius 2 is 1.68 bits per heavy atom.